The van der Waals surface area contributed by atoms with Gasteiger partial charge in [-0.3, -0.25) is 0 Å². The van der Waals surface area contributed by atoms with E-state index in [1.807, 2.05) is 52.0 Å². The van der Waals surface area contributed by atoms with Crippen LogP contribution in [-0.4, -0.2) is 11.1 Å². The lowest BCUT2D eigenvalue weighted by Crippen LogP contribution is -2.29. The summed E-state index contributed by atoms with van der Waals surface area (Å²) in [6.45, 7) is 7.27. The lowest BCUT2D eigenvalue weighted by molar-refractivity contribution is 0.726. The number of nitrogens with zero attached hydrogens (tertiary/aromatic N) is 2. The van der Waals surface area contributed by atoms with Gasteiger partial charge >= 0.3 is 0 Å². The summed E-state index contributed by atoms with van der Waals surface area (Å²) in [6.07, 6.45) is 0. The predicted octanol–water partition coefficient (Wildman–Crippen LogP) is 3.11. The quantitative estimate of drug-likeness (QED) is 0.851. The third kappa shape index (κ3) is 3.99. The second-order valence-electron chi connectivity index (χ2n) is 5.30. The highest BCUT2D eigenvalue weighted by Crippen LogP contribution is 2.20. The molecule has 0 aliphatic rings. The average Bonchev–Trinajstić information content (AvgIpc) is 2.31. The van der Waals surface area contributed by atoms with E-state index in [1.165, 1.54) is 0 Å². The first-order chi connectivity index (χ1) is 8.28. The van der Waals surface area contributed by atoms with Crippen molar-refractivity contribution in [2.24, 2.45) is 0 Å². The van der Waals surface area contributed by atoms with E-state index >= 15 is 0 Å². The lowest BCUT2D eigenvalue weighted by Gasteiger charge is -2.21. The molecule has 0 amide bonds. The zero-order valence-electron chi connectivity index (χ0n) is 11.2. The van der Waals surface area contributed by atoms with Crippen LogP contribution in [0, 0.1) is 22.7 Å². The minimum Gasteiger partial charge on any atom is -0.368 e. The van der Waals surface area contributed by atoms with E-state index in [9.17, 15) is 0 Å². The zero-order valence-corrected chi connectivity index (χ0v) is 11.2. The van der Waals surface area contributed by atoms with E-state index < -0.39 is 11.1 Å². The minimum absolute atomic E-state index is 0.596. The first-order valence-corrected chi connectivity index (χ1v) is 5.77. The Morgan fingerprint density at radius 2 is 1.06 bits per heavy atom. The number of nitrogens with one attached hydrogen (secondary N) is 2. The molecule has 0 aliphatic heterocycles. The van der Waals surface area contributed by atoms with Crippen molar-refractivity contribution in [1.82, 2.24) is 0 Å². The molecule has 0 aliphatic carbocycles. The molecule has 1 rings (SSSR count). The van der Waals surface area contributed by atoms with Gasteiger partial charge in [0.05, 0.1) is 12.1 Å². The molecule has 0 fully saturated rings. The van der Waals surface area contributed by atoms with Gasteiger partial charge in [-0.1, -0.05) is 0 Å². The molecule has 0 radical (unpaired) electrons. The number of rotatable bonds is 4. The summed E-state index contributed by atoms with van der Waals surface area (Å²) in [4.78, 5) is 0. The van der Waals surface area contributed by atoms with E-state index in [2.05, 4.69) is 22.8 Å². The first kappa shape index (κ1) is 13.9. The number of hydrogen-bond acceptors (Lipinski definition) is 4. The summed E-state index contributed by atoms with van der Waals surface area (Å²) in [7, 11) is 0. The van der Waals surface area contributed by atoms with Crippen LogP contribution in [0.15, 0.2) is 24.3 Å². The molecule has 0 bridgehead atoms. The highest BCUT2D eigenvalue weighted by Gasteiger charge is 2.17. The maximum Gasteiger partial charge on any atom is 0.119 e. The average molecular weight is 242 g/mol. The van der Waals surface area contributed by atoms with Gasteiger partial charge in [0.1, 0.15) is 11.1 Å². The number of hydrogen-bond donors (Lipinski definition) is 2. The highest BCUT2D eigenvalue weighted by molar-refractivity contribution is 5.56. The number of nitriles is 2. The van der Waals surface area contributed by atoms with E-state index in [-0.39, 0.29) is 0 Å². The number of anilines is 2. The van der Waals surface area contributed by atoms with Gasteiger partial charge < -0.3 is 10.6 Å². The van der Waals surface area contributed by atoms with E-state index in [4.69, 9.17) is 10.5 Å². The smallest absolute Gasteiger partial charge is 0.119 e. The molecule has 94 valence electrons. The van der Waals surface area contributed by atoms with Crippen LogP contribution in [0.2, 0.25) is 0 Å². The molecule has 1 aromatic rings. The molecule has 0 unspecified atom stereocenters. The number of benzene rings is 1. The van der Waals surface area contributed by atoms with Gasteiger partial charge in [-0.05, 0) is 52.0 Å². The molecular weight excluding hydrogens is 224 g/mol. The fourth-order valence-corrected chi connectivity index (χ4v) is 1.41. The van der Waals surface area contributed by atoms with Crippen molar-refractivity contribution in [3.8, 4) is 12.1 Å². The molecule has 0 spiro atoms. The Morgan fingerprint density at radius 1 is 0.778 bits per heavy atom. The second kappa shape index (κ2) is 4.98. The van der Waals surface area contributed by atoms with Gasteiger partial charge in [-0.2, -0.15) is 10.5 Å². The van der Waals surface area contributed by atoms with Crippen molar-refractivity contribution in [3.05, 3.63) is 24.3 Å². The lowest BCUT2D eigenvalue weighted by atomic mass is 10.1. The minimum atomic E-state index is -0.596. The Morgan fingerprint density at radius 3 is 1.28 bits per heavy atom. The van der Waals surface area contributed by atoms with Crippen LogP contribution in [0.25, 0.3) is 0 Å². The monoisotopic (exact) mass is 242 g/mol. The maximum absolute atomic E-state index is 8.93. The standard InChI is InChI=1S/C14H18N4/c1-13(2,9-15)17-11-5-7-12(8-6-11)18-14(3,4)10-16/h5-8,17-18H,1-4H3. The largest absolute Gasteiger partial charge is 0.368 e. The summed E-state index contributed by atoms with van der Waals surface area (Å²) in [5.41, 5.74) is 0.561. The summed E-state index contributed by atoms with van der Waals surface area (Å²) >= 11 is 0. The molecular formula is C14H18N4. The van der Waals surface area contributed by atoms with Crippen LogP contribution < -0.4 is 10.6 Å². The van der Waals surface area contributed by atoms with Crippen molar-refractivity contribution in [2.75, 3.05) is 10.6 Å². The van der Waals surface area contributed by atoms with Gasteiger partial charge in [-0.15, -0.1) is 0 Å². The predicted molar refractivity (Wildman–Crippen MR) is 73.1 cm³/mol. The van der Waals surface area contributed by atoms with Gasteiger partial charge in [0.15, 0.2) is 0 Å². The van der Waals surface area contributed by atoms with E-state index in [0.29, 0.717) is 0 Å². The Hall–Kier alpha value is -2.20. The molecule has 0 saturated heterocycles. The van der Waals surface area contributed by atoms with Crippen molar-refractivity contribution in [2.45, 2.75) is 38.8 Å². The van der Waals surface area contributed by atoms with E-state index in [0.717, 1.165) is 11.4 Å². The van der Waals surface area contributed by atoms with Gasteiger partial charge in [0.2, 0.25) is 0 Å². The van der Waals surface area contributed by atoms with E-state index in [1.54, 1.807) is 0 Å². The fraction of sp³-hybridized carbons (Fsp3) is 0.429. The Kier molecular flexibility index (Phi) is 3.83. The summed E-state index contributed by atoms with van der Waals surface area (Å²) in [5, 5.41) is 24.1. The van der Waals surface area contributed by atoms with Gasteiger partial charge in [0, 0.05) is 11.4 Å². The summed E-state index contributed by atoms with van der Waals surface area (Å²) in [5.74, 6) is 0. The molecule has 0 atom stereocenters. The van der Waals surface area contributed by atoms with Crippen LogP contribution in [0.4, 0.5) is 11.4 Å². The second-order valence-corrected chi connectivity index (χ2v) is 5.30. The molecule has 0 heterocycles. The van der Waals surface area contributed by atoms with Crippen LogP contribution in [-0.2, 0) is 0 Å². The zero-order chi connectivity index (χ0) is 13.8. The molecule has 4 heteroatoms. The van der Waals surface area contributed by atoms with Crippen molar-refractivity contribution >= 4 is 11.4 Å². The third-order valence-electron chi connectivity index (χ3n) is 2.36. The highest BCUT2D eigenvalue weighted by atomic mass is 15.0. The van der Waals surface area contributed by atoms with Gasteiger partial charge in [0.25, 0.3) is 0 Å². The molecule has 0 saturated carbocycles. The summed E-state index contributed by atoms with van der Waals surface area (Å²) < 4.78 is 0. The van der Waals surface area contributed by atoms with Crippen LogP contribution >= 0.6 is 0 Å². The molecule has 1 aromatic carbocycles. The first-order valence-electron chi connectivity index (χ1n) is 5.77. The maximum atomic E-state index is 8.93. The topological polar surface area (TPSA) is 71.6 Å². The van der Waals surface area contributed by atoms with Crippen molar-refractivity contribution < 1.29 is 0 Å². The fourth-order valence-electron chi connectivity index (χ4n) is 1.41. The molecule has 4 nitrogen and oxygen atoms in total. The van der Waals surface area contributed by atoms with Crippen LogP contribution in [0.5, 0.6) is 0 Å². The van der Waals surface area contributed by atoms with Gasteiger partial charge in [-0.25, -0.2) is 0 Å². The molecule has 2 N–H and O–H groups in total. The van der Waals surface area contributed by atoms with Crippen molar-refractivity contribution in [3.63, 3.8) is 0 Å². The molecule has 18 heavy (non-hydrogen) atoms. The normalized spacial score (nSPS) is 11.2. The Balaban J connectivity index is 2.77. The van der Waals surface area contributed by atoms with Crippen molar-refractivity contribution in [1.29, 1.82) is 10.5 Å². The van der Waals surface area contributed by atoms with Crippen LogP contribution in [0.3, 0.4) is 0 Å². The SMILES string of the molecule is CC(C)(C#N)Nc1ccc(NC(C)(C)C#N)cc1. The Labute approximate surface area is 108 Å². The Bertz CT molecular complexity index is 439. The summed E-state index contributed by atoms with van der Waals surface area (Å²) in [6, 6.07) is 11.9. The third-order valence-corrected chi connectivity index (χ3v) is 2.36. The van der Waals surface area contributed by atoms with Crippen LogP contribution in [0.1, 0.15) is 27.7 Å². The molecule has 0 aromatic heterocycles.